The summed E-state index contributed by atoms with van der Waals surface area (Å²) in [4.78, 5) is 22.7. The number of thioether (sulfide) groups is 1. The van der Waals surface area contributed by atoms with Gasteiger partial charge in [0.15, 0.2) is 4.34 Å². The zero-order valence-corrected chi connectivity index (χ0v) is 13.4. The summed E-state index contributed by atoms with van der Waals surface area (Å²) >= 11 is 2.68. The summed E-state index contributed by atoms with van der Waals surface area (Å²) in [6, 6.07) is -0.512. The highest BCUT2D eigenvalue weighted by molar-refractivity contribution is 8.02. The number of hydrogen-bond donors (Lipinski definition) is 3. The number of carbonyl (C=O) groups is 2. The lowest BCUT2D eigenvalue weighted by Gasteiger charge is -2.08. The van der Waals surface area contributed by atoms with E-state index >= 15 is 0 Å². The molecule has 20 heavy (non-hydrogen) atoms. The molecule has 7 nitrogen and oxygen atoms in total. The number of unbranched alkanes of at least 4 members (excludes halogenated alkanes) is 1. The second-order valence-corrected chi connectivity index (χ2v) is 6.55. The Morgan fingerprint density at radius 2 is 2.15 bits per heavy atom. The van der Waals surface area contributed by atoms with Crippen LogP contribution in [0.4, 0.5) is 9.93 Å². The first-order valence-electron chi connectivity index (χ1n) is 6.33. The number of anilines is 1. The van der Waals surface area contributed by atoms with Gasteiger partial charge in [-0.25, -0.2) is 4.79 Å². The van der Waals surface area contributed by atoms with E-state index < -0.39 is 11.3 Å². The molecule has 1 aromatic heterocycles. The van der Waals surface area contributed by atoms with Crippen LogP contribution in [0.1, 0.15) is 26.7 Å². The predicted molar refractivity (Wildman–Crippen MR) is 81.2 cm³/mol. The van der Waals surface area contributed by atoms with Crippen LogP contribution in [0.15, 0.2) is 4.34 Å². The summed E-state index contributed by atoms with van der Waals surface area (Å²) < 4.78 is 0.698. The van der Waals surface area contributed by atoms with Crippen molar-refractivity contribution in [3.63, 3.8) is 0 Å². The SMILES string of the molecule is CCCCNc1nnc(SC(C)C(=O)NC(=O)NC)s1. The van der Waals surface area contributed by atoms with Crippen LogP contribution < -0.4 is 16.0 Å². The number of amides is 3. The zero-order valence-electron chi connectivity index (χ0n) is 11.7. The second-order valence-electron chi connectivity index (χ2n) is 3.98. The lowest BCUT2D eigenvalue weighted by molar-refractivity contribution is -0.119. The van der Waals surface area contributed by atoms with Crippen molar-refractivity contribution >= 4 is 40.2 Å². The van der Waals surface area contributed by atoms with Crippen molar-refractivity contribution in [3.8, 4) is 0 Å². The van der Waals surface area contributed by atoms with Gasteiger partial charge in [0.2, 0.25) is 11.0 Å². The smallest absolute Gasteiger partial charge is 0.321 e. The molecule has 3 amide bonds. The summed E-state index contributed by atoms with van der Waals surface area (Å²) in [6.45, 7) is 4.70. The summed E-state index contributed by atoms with van der Waals surface area (Å²) in [5, 5.41) is 16.1. The number of aromatic nitrogens is 2. The monoisotopic (exact) mass is 317 g/mol. The Hall–Kier alpha value is -1.35. The number of imide groups is 1. The van der Waals surface area contributed by atoms with Gasteiger partial charge in [-0.3, -0.25) is 10.1 Å². The van der Waals surface area contributed by atoms with E-state index in [1.54, 1.807) is 6.92 Å². The first-order valence-corrected chi connectivity index (χ1v) is 8.03. The molecular formula is C11H19N5O2S2. The molecule has 1 rings (SSSR count). The van der Waals surface area contributed by atoms with Crippen molar-refractivity contribution in [3.05, 3.63) is 0 Å². The van der Waals surface area contributed by atoms with Crippen LogP contribution in [-0.2, 0) is 4.79 Å². The third-order valence-electron chi connectivity index (χ3n) is 2.32. The minimum absolute atomic E-state index is 0.356. The summed E-state index contributed by atoms with van der Waals surface area (Å²) in [7, 11) is 1.46. The van der Waals surface area contributed by atoms with E-state index in [9.17, 15) is 9.59 Å². The third-order valence-corrected chi connectivity index (χ3v) is 4.39. The van der Waals surface area contributed by atoms with Crippen molar-refractivity contribution in [2.45, 2.75) is 36.3 Å². The standard InChI is InChI=1S/C11H19N5O2S2/c1-4-5-6-13-10-15-16-11(20-10)19-7(2)8(17)14-9(18)12-3/h7H,4-6H2,1-3H3,(H,13,15)(H2,12,14,17,18). The summed E-state index contributed by atoms with van der Waals surface area (Å²) in [5.41, 5.74) is 0. The Bertz CT molecular complexity index is 452. The van der Waals surface area contributed by atoms with Crippen LogP contribution in [0.2, 0.25) is 0 Å². The van der Waals surface area contributed by atoms with Crippen molar-refractivity contribution in [1.82, 2.24) is 20.8 Å². The molecule has 9 heteroatoms. The molecule has 0 aliphatic rings. The van der Waals surface area contributed by atoms with E-state index in [4.69, 9.17) is 0 Å². The van der Waals surface area contributed by atoms with Crippen LogP contribution in [0, 0.1) is 0 Å². The molecule has 1 heterocycles. The minimum Gasteiger partial charge on any atom is -0.360 e. The maximum Gasteiger partial charge on any atom is 0.321 e. The van der Waals surface area contributed by atoms with Crippen LogP contribution in [0.5, 0.6) is 0 Å². The first-order chi connectivity index (χ1) is 9.56. The van der Waals surface area contributed by atoms with E-state index in [1.165, 1.54) is 30.1 Å². The maximum absolute atomic E-state index is 11.7. The first kappa shape index (κ1) is 16.7. The van der Waals surface area contributed by atoms with E-state index in [0.717, 1.165) is 24.5 Å². The number of urea groups is 1. The normalized spacial score (nSPS) is 11.8. The van der Waals surface area contributed by atoms with Crippen LogP contribution in [0.3, 0.4) is 0 Å². The van der Waals surface area contributed by atoms with Gasteiger partial charge in [0.25, 0.3) is 0 Å². The van der Waals surface area contributed by atoms with Crippen molar-refractivity contribution in [2.75, 3.05) is 18.9 Å². The number of hydrogen-bond acceptors (Lipinski definition) is 7. The number of nitrogens with zero attached hydrogens (tertiary/aromatic N) is 2. The predicted octanol–water partition coefficient (Wildman–Crippen LogP) is 1.69. The molecule has 1 aromatic rings. The van der Waals surface area contributed by atoms with Gasteiger partial charge in [0.1, 0.15) is 0 Å². The molecule has 112 valence electrons. The van der Waals surface area contributed by atoms with Crippen molar-refractivity contribution in [1.29, 1.82) is 0 Å². The lowest BCUT2D eigenvalue weighted by atomic mass is 10.3. The van der Waals surface area contributed by atoms with E-state index in [0.29, 0.717) is 4.34 Å². The quantitative estimate of drug-likeness (QED) is 0.523. The highest BCUT2D eigenvalue weighted by Gasteiger charge is 2.18. The Labute approximate surface area is 126 Å². The largest absolute Gasteiger partial charge is 0.360 e. The third kappa shape index (κ3) is 5.74. The Kier molecular flexibility index (Phi) is 7.31. The van der Waals surface area contributed by atoms with Gasteiger partial charge < -0.3 is 10.6 Å². The number of rotatable bonds is 7. The Morgan fingerprint density at radius 1 is 1.40 bits per heavy atom. The van der Waals surface area contributed by atoms with Gasteiger partial charge >= 0.3 is 6.03 Å². The lowest BCUT2D eigenvalue weighted by Crippen LogP contribution is -2.41. The van der Waals surface area contributed by atoms with Gasteiger partial charge in [-0.05, 0) is 13.3 Å². The molecule has 0 aromatic carbocycles. The molecule has 0 aliphatic carbocycles. The Balaban J connectivity index is 2.43. The van der Waals surface area contributed by atoms with Crippen molar-refractivity contribution in [2.24, 2.45) is 0 Å². The van der Waals surface area contributed by atoms with Crippen LogP contribution in [-0.4, -0.2) is 41.0 Å². The molecule has 0 spiro atoms. The van der Waals surface area contributed by atoms with Gasteiger partial charge in [0.05, 0.1) is 5.25 Å². The van der Waals surface area contributed by atoms with E-state index in [1.807, 2.05) is 0 Å². The molecule has 0 fully saturated rings. The topological polar surface area (TPSA) is 96.0 Å². The van der Waals surface area contributed by atoms with Gasteiger partial charge in [-0.2, -0.15) is 0 Å². The average Bonchev–Trinajstić information content (AvgIpc) is 2.86. The van der Waals surface area contributed by atoms with Crippen LogP contribution in [0.25, 0.3) is 0 Å². The fourth-order valence-electron chi connectivity index (χ4n) is 1.18. The summed E-state index contributed by atoms with van der Waals surface area (Å²) in [5.74, 6) is -0.356. The zero-order chi connectivity index (χ0) is 15.0. The molecule has 0 saturated carbocycles. The van der Waals surface area contributed by atoms with E-state index in [-0.39, 0.29) is 5.91 Å². The highest BCUT2D eigenvalue weighted by atomic mass is 32.2. The Morgan fingerprint density at radius 3 is 2.80 bits per heavy atom. The number of nitrogens with one attached hydrogen (secondary N) is 3. The van der Waals surface area contributed by atoms with E-state index in [2.05, 4.69) is 33.1 Å². The van der Waals surface area contributed by atoms with Gasteiger partial charge in [0, 0.05) is 13.6 Å². The number of carbonyl (C=O) groups excluding carboxylic acids is 2. The van der Waals surface area contributed by atoms with Gasteiger partial charge in [-0.1, -0.05) is 36.4 Å². The average molecular weight is 317 g/mol. The molecule has 0 saturated heterocycles. The highest BCUT2D eigenvalue weighted by Crippen LogP contribution is 2.28. The maximum atomic E-state index is 11.7. The fraction of sp³-hybridized carbons (Fsp3) is 0.636. The second kappa shape index (κ2) is 8.75. The molecule has 1 unspecified atom stereocenters. The minimum atomic E-state index is -0.512. The fourth-order valence-corrected chi connectivity index (χ4v) is 3.10. The molecule has 0 bridgehead atoms. The molecule has 0 radical (unpaired) electrons. The van der Waals surface area contributed by atoms with Crippen LogP contribution >= 0.6 is 23.1 Å². The van der Waals surface area contributed by atoms with Gasteiger partial charge in [-0.15, -0.1) is 10.2 Å². The molecule has 1 atom stereocenters. The molecule has 3 N–H and O–H groups in total. The molecule has 0 aliphatic heterocycles. The van der Waals surface area contributed by atoms with Crippen molar-refractivity contribution < 1.29 is 9.59 Å². The molecular weight excluding hydrogens is 298 g/mol. The summed E-state index contributed by atoms with van der Waals surface area (Å²) in [6.07, 6.45) is 2.19.